The maximum Gasteiger partial charge on any atom is 0.138 e. The van der Waals surface area contributed by atoms with E-state index >= 15 is 0 Å². The van der Waals surface area contributed by atoms with Gasteiger partial charge in [0.15, 0.2) is 0 Å². The summed E-state index contributed by atoms with van der Waals surface area (Å²) in [6.45, 7) is 7.54. The summed E-state index contributed by atoms with van der Waals surface area (Å²) in [6.07, 6.45) is 8.70. The first kappa shape index (κ1) is 13.3. The van der Waals surface area contributed by atoms with Gasteiger partial charge in [0.2, 0.25) is 0 Å². The van der Waals surface area contributed by atoms with Gasteiger partial charge in [-0.1, -0.05) is 11.6 Å². The van der Waals surface area contributed by atoms with E-state index in [1.54, 1.807) is 6.33 Å². The zero-order chi connectivity index (χ0) is 13.0. The molecule has 4 nitrogen and oxygen atoms in total. The van der Waals surface area contributed by atoms with E-state index in [0.29, 0.717) is 6.04 Å². The van der Waals surface area contributed by atoms with Crippen LogP contribution in [0.1, 0.15) is 51.9 Å². The Morgan fingerprint density at radius 2 is 2.33 bits per heavy atom. The van der Waals surface area contributed by atoms with Crippen LogP contribution in [-0.4, -0.2) is 27.4 Å². The second kappa shape index (κ2) is 6.14. The Balaban J connectivity index is 1.79. The molecule has 1 heterocycles. The highest BCUT2D eigenvalue weighted by Gasteiger charge is 2.19. The van der Waals surface area contributed by atoms with Gasteiger partial charge in [0.05, 0.1) is 0 Å². The van der Waals surface area contributed by atoms with Gasteiger partial charge in [0.1, 0.15) is 12.2 Å². The third kappa shape index (κ3) is 3.95. The van der Waals surface area contributed by atoms with Crippen LogP contribution in [0.4, 0.5) is 0 Å². The quantitative estimate of drug-likeness (QED) is 0.595. The highest BCUT2D eigenvalue weighted by atomic mass is 15.3. The lowest BCUT2D eigenvalue weighted by molar-refractivity contribution is 0.509. The van der Waals surface area contributed by atoms with Crippen LogP contribution in [0, 0.1) is 0 Å². The van der Waals surface area contributed by atoms with Crippen LogP contribution in [0.5, 0.6) is 0 Å². The highest BCUT2D eigenvalue weighted by molar-refractivity contribution is 5.07. The van der Waals surface area contributed by atoms with Crippen LogP contribution in [-0.2, 0) is 6.42 Å². The smallest absolute Gasteiger partial charge is 0.138 e. The van der Waals surface area contributed by atoms with E-state index in [0.717, 1.165) is 31.3 Å². The summed E-state index contributed by atoms with van der Waals surface area (Å²) < 4.78 is 2.00. The monoisotopic (exact) mass is 248 g/mol. The predicted molar refractivity (Wildman–Crippen MR) is 73.5 cm³/mol. The summed E-state index contributed by atoms with van der Waals surface area (Å²) >= 11 is 0. The topological polar surface area (TPSA) is 42.7 Å². The molecule has 0 bridgehead atoms. The summed E-state index contributed by atoms with van der Waals surface area (Å²) in [4.78, 5) is 4.34. The molecule has 1 saturated carbocycles. The number of nitrogens with zero attached hydrogens (tertiary/aromatic N) is 3. The molecule has 1 aromatic rings. The third-order valence-electron chi connectivity index (χ3n) is 3.22. The van der Waals surface area contributed by atoms with Gasteiger partial charge in [-0.2, -0.15) is 5.10 Å². The summed E-state index contributed by atoms with van der Waals surface area (Å²) in [5.74, 6) is 1.06. The Bertz CT molecular complexity index is 402. The summed E-state index contributed by atoms with van der Waals surface area (Å²) in [7, 11) is 0. The minimum atomic E-state index is 0.381. The first-order valence-corrected chi connectivity index (χ1v) is 6.94. The van der Waals surface area contributed by atoms with Gasteiger partial charge in [-0.05, 0) is 46.6 Å². The van der Waals surface area contributed by atoms with Crippen LogP contribution < -0.4 is 5.32 Å². The lowest BCUT2D eigenvalue weighted by Gasteiger charge is -2.09. The Labute approximate surface area is 109 Å². The second-order valence-corrected chi connectivity index (χ2v) is 5.46. The minimum absolute atomic E-state index is 0.381. The van der Waals surface area contributed by atoms with Crippen molar-refractivity contribution in [1.82, 2.24) is 20.1 Å². The van der Waals surface area contributed by atoms with Crippen molar-refractivity contribution in [3.63, 3.8) is 0 Å². The second-order valence-electron chi connectivity index (χ2n) is 5.46. The molecule has 1 fully saturated rings. The van der Waals surface area contributed by atoms with Gasteiger partial charge >= 0.3 is 0 Å². The molecule has 100 valence electrons. The van der Waals surface area contributed by atoms with Gasteiger partial charge < -0.3 is 5.32 Å². The molecule has 0 aliphatic heterocycles. The number of nitrogens with one attached hydrogen (secondary N) is 1. The molecule has 0 spiro atoms. The van der Waals surface area contributed by atoms with Gasteiger partial charge in [0, 0.05) is 18.5 Å². The van der Waals surface area contributed by atoms with E-state index in [2.05, 4.69) is 42.2 Å². The number of hydrogen-bond acceptors (Lipinski definition) is 3. The normalized spacial score (nSPS) is 16.6. The van der Waals surface area contributed by atoms with E-state index in [4.69, 9.17) is 0 Å². The molecular weight excluding hydrogens is 224 g/mol. The Morgan fingerprint density at radius 1 is 1.56 bits per heavy atom. The maximum atomic E-state index is 4.34. The zero-order valence-electron chi connectivity index (χ0n) is 11.7. The Morgan fingerprint density at radius 3 is 3.00 bits per heavy atom. The highest BCUT2D eigenvalue weighted by Crippen LogP contribution is 2.18. The number of hydrogen-bond donors (Lipinski definition) is 1. The largest absolute Gasteiger partial charge is 0.314 e. The lowest BCUT2D eigenvalue weighted by Crippen LogP contribution is -2.16. The molecule has 4 heteroatoms. The van der Waals surface area contributed by atoms with Crippen LogP contribution in [0.25, 0.3) is 0 Å². The zero-order valence-corrected chi connectivity index (χ0v) is 11.7. The van der Waals surface area contributed by atoms with E-state index < -0.39 is 0 Å². The van der Waals surface area contributed by atoms with Gasteiger partial charge in [-0.15, -0.1) is 0 Å². The molecule has 1 aromatic heterocycles. The molecule has 1 N–H and O–H groups in total. The van der Waals surface area contributed by atoms with Crippen LogP contribution in [0.2, 0.25) is 0 Å². The maximum absolute atomic E-state index is 4.34. The molecule has 0 amide bonds. The summed E-state index contributed by atoms with van der Waals surface area (Å²) in [5, 5.41) is 7.79. The summed E-state index contributed by atoms with van der Waals surface area (Å²) in [6, 6.07) is 1.19. The number of rotatable bonds is 7. The predicted octanol–water partition coefficient (Wildman–Crippen LogP) is 2.49. The van der Waals surface area contributed by atoms with Gasteiger partial charge in [-0.3, -0.25) is 0 Å². The van der Waals surface area contributed by atoms with Crippen molar-refractivity contribution < 1.29 is 0 Å². The standard InChI is InChI=1S/C14H24N4/c1-11(2)18-14(16-10-17-18)9-12(3)5-4-8-15-13-6-7-13/h5,10-11,13,15H,4,6-9H2,1-3H3. The van der Waals surface area contributed by atoms with E-state index in [1.807, 2.05) is 4.68 Å². The van der Waals surface area contributed by atoms with Crippen molar-refractivity contribution in [2.45, 2.75) is 58.5 Å². The molecule has 1 aliphatic rings. The van der Waals surface area contributed by atoms with Crippen molar-refractivity contribution in [3.8, 4) is 0 Å². The van der Waals surface area contributed by atoms with Gasteiger partial charge in [-0.25, -0.2) is 9.67 Å². The average molecular weight is 248 g/mol. The third-order valence-corrected chi connectivity index (χ3v) is 3.22. The molecule has 0 saturated heterocycles. The van der Waals surface area contributed by atoms with Crippen molar-refractivity contribution >= 4 is 0 Å². The van der Waals surface area contributed by atoms with E-state index in [1.165, 1.54) is 18.4 Å². The number of allylic oxidation sites excluding steroid dienone is 1. The van der Waals surface area contributed by atoms with Crippen LogP contribution >= 0.6 is 0 Å². The molecule has 0 radical (unpaired) electrons. The molecule has 18 heavy (non-hydrogen) atoms. The van der Waals surface area contributed by atoms with Crippen molar-refractivity contribution in [2.75, 3.05) is 6.54 Å². The van der Waals surface area contributed by atoms with Crippen molar-refractivity contribution in [1.29, 1.82) is 0 Å². The molecule has 0 unspecified atom stereocenters. The van der Waals surface area contributed by atoms with Crippen LogP contribution in [0.3, 0.4) is 0 Å². The fraction of sp³-hybridized carbons (Fsp3) is 0.714. The Kier molecular flexibility index (Phi) is 4.53. The Hall–Kier alpha value is -1.16. The molecule has 1 aliphatic carbocycles. The van der Waals surface area contributed by atoms with Crippen LogP contribution in [0.15, 0.2) is 18.0 Å². The molecule has 0 atom stereocenters. The average Bonchev–Trinajstić information content (AvgIpc) is 3.03. The first-order valence-electron chi connectivity index (χ1n) is 6.94. The molecular formula is C14H24N4. The number of aromatic nitrogens is 3. The lowest BCUT2D eigenvalue weighted by atomic mass is 10.1. The minimum Gasteiger partial charge on any atom is -0.314 e. The van der Waals surface area contributed by atoms with E-state index in [9.17, 15) is 0 Å². The van der Waals surface area contributed by atoms with E-state index in [-0.39, 0.29) is 0 Å². The molecule has 0 aromatic carbocycles. The summed E-state index contributed by atoms with van der Waals surface area (Å²) in [5.41, 5.74) is 1.38. The molecule has 2 rings (SSSR count). The first-order chi connectivity index (χ1) is 8.66. The fourth-order valence-electron chi connectivity index (χ4n) is 2.05. The van der Waals surface area contributed by atoms with Crippen molar-refractivity contribution in [3.05, 3.63) is 23.8 Å². The fourth-order valence-corrected chi connectivity index (χ4v) is 2.05. The van der Waals surface area contributed by atoms with Gasteiger partial charge in [0.25, 0.3) is 0 Å². The SMILES string of the molecule is CC(=CCCNC1CC1)Cc1ncnn1C(C)C. The van der Waals surface area contributed by atoms with Crippen molar-refractivity contribution in [2.24, 2.45) is 0 Å².